The van der Waals surface area contributed by atoms with Crippen molar-refractivity contribution in [3.05, 3.63) is 34.3 Å². The van der Waals surface area contributed by atoms with Crippen molar-refractivity contribution >= 4 is 15.9 Å². The van der Waals surface area contributed by atoms with Gasteiger partial charge < -0.3 is 9.84 Å². The number of rotatable bonds is 7. The van der Waals surface area contributed by atoms with E-state index in [9.17, 15) is 5.11 Å². The SMILES string of the molecule is COCCCCC(CO)c1ccc(Br)cc1. The molecule has 0 saturated heterocycles. The van der Waals surface area contributed by atoms with E-state index < -0.39 is 0 Å². The predicted molar refractivity (Wildman–Crippen MR) is 69.7 cm³/mol. The predicted octanol–water partition coefficient (Wildman–Crippen LogP) is 3.34. The molecule has 0 aliphatic carbocycles. The Morgan fingerprint density at radius 3 is 2.50 bits per heavy atom. The second-order valence-corrected chi connectivity index (χ2v) is 4.84. The first-order valence-electron chi connectivity index (χ1n) is 5.63. The zero-order chi connectivity index (χ0) is 11.8. The summed E-state index contributed by atoms with van der Waals surface area (Å²) in [5.74, 6) is 0.255. The molecule has 0 saturated carbocycles. The average molecular weight is 287 g/mol. The molecule has 3 heteroatoms. The minimum Gasteiger partial charge on any atom is -0.396 e. The Balaban J connectivity index is 2.44. The molecule has 1 aromatic rings. The molecule has 1 unspecified atom stereocenters. The van der Waals surface area contributed by atoms with Crippen LogP contribution in [0.2, 0.25) is 0 Å². The molecule has 1 aromatic carbocycles. The lowest BCUT2D eigenvalue weighted by molar-refractivity contribution is 0.188. The topological polar surface area (TPSA) is 29.5 Å². The molecule has 0 amide bonds. The summed E-state index contributed by atoms with van der Waals surface area (Å²) in [6.07, 6.45) is 3.17. The first-order chi connectivity index (χ1) is 7.77. The fourth-order valence-corrected chi connectivity index (χ4v) is 2.00. The standard InChI is InChI=1S/C13H19BrO2/c1-16-9-3-2-4-12(10-15)11-5-7-13(14)8-6-11/h5-8,12,15H,2-4,9-10H2,1H3. The van der Waals surface area contributed by atoms with Crippen molar-refractivity contribution in [2.75, 3.05) is 20.3 Å². The number of hydrogen-bond acceptors (Lipinski definition) is 2. The Hall–Kier alpha value is -0.380. The molecule has 1 rings (SSSR count). The van der Waals surface area contributed by atoms with Gasteiger partial charge in [0.25, 0.3) is 0 Å². The second kappa shape index (κ2) is 7.82. The molecule has 2 nitrogen and oxygen atoms in total. The molecule has 0 spiro atoms. The van der Waals surface area contributed by atoms with E-state index in [0.717, 1.165) is 30.3 Å². The summed E-state index contributed by atoms with van der Waals surface area (Å²) in [7, 11) is 1.72. The normalized spacial score (nSPS) is 12.7. The first-order valence-corrected chi connectivity index (χ1v) is 6.42. The molecule has 0 bridgehead atoms. The van der Waals surface area contributed by atoms with Crippen LogP contribution in [-0.4, -0.2) is 25.4 Å². The van der Waals surface area contributed by atoms with Crippen LogP contribution in [0.3, 0.4) is 0 Å². The van der Waals surface area contributed by atoms with Crippen molar-refractivity contribution < 1.29 is 9.84 Å². The summed E-state index contributed by atoms with van der Waals surface area (Å²) in [6, 6.07) is 8.18. The Morgan fingerprint density at radius 2 is 1.94 bits per heavy atom. The van der Waals surface area contributed by atoms with Crippen LogP contribution in [0.25, 0.3) is 0 Å². The average Bonchev–Trinajstić information content (AvgIpc) is 2.31. The number of halogens is 1. The van der Waals surface area contributed by atoms with Gasteiger partial charge >= 0.3 is 0 Å². The minimum atomic E-state index is 0.217. The fourth-order valence-electron chi connectivity index (χ4n) is 1.74. The van der Waals surface area contributed by atoms with Crippen LogP contribution in [0.15, 0.2) is 28.7 Å². The molecule has 1 N–H and O–H groups in total. The smallest absolute Gasteiger partial charge is 0.0499 e. The zero-order valence-electron chi connectivity index (χ0n) is 9.66. The van der Waals surface area contributed by atoms with Crippen molar-refractivity contribution in [3.8, 4) is 0 Å². The van der Waals surface area contributed by atoms with Crippen LogP contribution in [0.5, 0.6) is 0 Å². The summed E-state index contributed by atoms with van der Waals surface area (Å²) in [6.45, 7) is 1.02. The van der Waals surface area contributed by atoms with Crippen molar-refractivity contribution in [3.63, 3.8) is 0 Å². The van der Waals surface area contributed by atoms with Gasteiger partial charge in [0.05, 0.1) is 0 Å². The molecule has 0 fully saturated rings. The lowest BCUT2D eigenvalue weighted by Gasteiger charge is -2.14. The highest BCUT2D eigenvalue weighted by atomic mass is 79.9. The molecular formula is C13H19BrO2. The van der Waals surface area contributed by atoms with Crippen molar-refractivity contribution in [2.24, 2.45) is 0 Å². The number of aliphatic hydroxyl groups is 1. The molecule has 16 heavy (non-hydrogen) atoms. The van der Waals surface area contributed by atoms with Crippen molar-refractivity contribution in [2.45, 2.75) is 25.2 Å². The Labute approximate surface area is 106 Å². The maximum atomic E-state index is 9.36. The van der Waals surface area contributed by atoms with Gasteiger partial charge in [0, 0.05) is 30.7 Å². The van der Waals surface area contributed by atoms with E-state index in [0.29, 0.717) is 0 Å². The van der Waals surface area contributed by atoms with E-state index in [1.165, 1.54) is 5.56 Å². The lowest BCUT2D eigenvalue weighted by Crippen LogP contribution is -2.04. The van der Waals surface area contributed by atoms with Gasteiger partial charge in [0.1, 0.15) is 0 Å². The van der Waals surface area contributed by atoms with E-state index in [-0.39, 0.29) is 12.5 Å². The molecule has 0 radical (unpaired) electrons. The highest BCUT2D eigenvalue weighted by Gasteiger charge is 2.09. The van der Waals surface area contributed by atoms with Crippen LogP contribution < -0.4 is 0 Å². The third-order valence-electron chi connectivity index (χ3n) is 2.71. The van der Waals surface area contributed by atoms with Gasteiger partial charge in [-0.1, -0.05) is 34.5 Å². The van der Waals surface area contributed by atoms with E-state index in [2.05, 4.69) is 28.1 Å². The van der Waals surface area contributed by atoms with E-state index in [1.54, 1.807) is 7.11 Å². The fraction of sp³-hybridized carbons (Fsp3) is 0.538. The van der Waals surface area contributed by atoms with E-state index >= 15 is 0 Å². The second-order valence-electron chi connectivity index (χ2n) is 3.92. The number of aliphatic hydroxyl groups excluding tert-OH is 1. The van der Waals surface area contributed by atoms with E-state index in [4.69, 9.17) is 4.74 Å². The van der Waals surface area contributed by atoms with Crippen molar-refractivity contribution in [1.29, 1.82) is 0 Å². The van der Waals surface area contributed by atoms with Gasteiger partial charge in [0.15, 0.2) is 0 Å². The number of unbranched alkanes of at least 4 members (excludes halogenated alkanes) is 1. The third kappa shape index (κ3) is 4.64. The van der Waals surface area contributed by atoms with Gasteiger partial charge in [-0.3, -0.25) is 0 Å². The van der Waals surface area contributed by atoms with Gasteiger partial charge in [-0.05, 0) is 30.5 Å². The maximum absolute atomic E-state index is 9.36. The number of methoxy groups -OCH3 is 1. The minimum absolute atomic E-state index is 0.217. The summed E-state index contributed by atoms with van der Waals surface area (Å²) in [5.41, 5.74) is 1.21. The monoisotopic (exact) mass is 286 g/mol. The first kappa shape index (κ1) is 13.7. The number of hydrogen-bond donors (Lipinski definition) is 1. The molecular weight excluding hydrogens is 268 g/mol. The largest absolute Gasteiger partial charge is 0.396 e. The Bertz CT molecular complexity index is 284. The zero-order valence-corrected chi connectivity index (χ0v) is 11.2. The summed E-state index contributed by atoms with van der Waals surface area (Å²) >= 11 is 3.41. The quantitative estimate of drug-likeness (QED) is 0.779. The molecule has 0 aliphatic rings. The number of benzene rings is 1. The van der Waals surface area contributed by atoms with Crippen LogP contribution in [0, 0.1) is 0 Å². The number of ether oxygens (including phenoxy) is 1. The molecule has 1 atom stereocenters. The molecule has 0 aliphatic heterocycles. The van der Waals surface area contributed by atoms with Gasteiger partial charge in [-0.15, -0.1) is 0 Å². The lowest BCUT2D eigenvalue weighted by atomic mass is 9.94. The highest BCUT2D eigenvalue weighted by Crippen LogP contribution is 2.23. The van der Waals surface area contributed by atoms with Gasteiger partial charge in [-0.2, -0.15) is 0 Å². The summed E-state index contributed by atoms with van der Waals surface area (Å²) in [4.78, 5) is 0. The summed E-state index contributed by atoms with van der Waals surface area (Å²) in [5, 5.41) is 9.36. The molecule has 0 aromatic heterocycles. The van der Waals surface area contributed by atoms with Crippen LogP contribution in [-0.2, 0) is 4.74 Å². The molecule has 0 heterocycles. The highest BCUT2D eigenvalue weighted by molar-refractivity contribution is 9.10. The van der Waals surface area contributed by atoms with Crippen molar-refractivity contribution in [1.82, 2.24) is 0 Å². The summed E-state index contributed by atoms with van der Waals surface area (Å²) < 4.78 is 6.09. The van der Waals surface area contributed by atoms with Crippen LogP contribution >= 0.6 is 15.9 Å². The van der Waals surface area contributed by atoms with Crippen LogP contribution in [0.1, 0.15) is 30.7 Å². The Morgan fingerprint density at radius 1 is 1.25 bits per heavy atom. The van der Waals surface area contributed by atoms with E-state index in [1.807, 2.05) is 12.1 Å². The molecule has 90 valence electrons. The van der Waals surface area contributed by atoms with Gasteiger partial charge in [-0.25, -0.2) is 0 Å². The van der Waals surface area contributed by atoms with Gasteiger partial charge in [0.2, 0.25) is 0 Å². The maximum Gasteiger partial charge on any atom is 0.0499 e. The third-order valence-corrected chi connectivity index (χ3v) is 3.24. The Kier molecular flexibility index (Phi) is 6.69. The van der Waals surface area contributed by atoms with Crippen LogP contribution in [0.4, 0.5) is 0 Å².